The van der Waals surface area contributed by atoms with Crippen molar-refractivity contribution in [2.75, 3.05) is 30.5 Å². The largest absolute Gasteiger partial charge is 0.483 e. The van der Waals surface area contributed by atoms with E-state index in [0.717, 1.165) is 18.7 Å². The SMILES string of the molecule is COC(=O)c1ccccc1OCC(=O)Nc1ccc(N2CCCC2=O)cc1. The van der Waals surface area contributed by atoms with E-state index in [-0.39, 0.29) is 29.7 Å². The lowest BCUT2D eigenvalue weighted by atomic mass is 10.2. The lowest BCUT2D eigenvalue weighted by Gasteiger charge is -2.16. The summed E-state index contributed by atoms with van der Waals surface area (Å²) in [6.07, 6.45) is 1.44. The van der Waals surface area contributed by atoms with E-state index in [1.165, 1.54) is 7.11 Å². The summed E-state index contributed by atoms with van der Waals surface area (Å²) in [6, 6.07) is 13.6. The Morgan fingerprint density at radius 2 is 1.85 bits per heavy atom. The summed E-state index contributed by atoms with van der Waals surface area (Å²) in [6.45, 7) is 0.471. The highest BCUT2D eigenvalue weighted by atomic mass is 16.5. The number of benzene rings is 2. The number of nitrogens with one attached hydrogen (secondary N) is 1. The number of esters is 1. The number of hydrogen-bond donors (Lipinski definition) is 1. The molecule has 1 heterocycles. The Morgan fingerprint density at radius 1 is 1.11 bits per heavy atom. The average Bonchev–Trinajstić information content (AvgIpc) is 3.12. The van der Waals surface area contributed by atoms with Crippen LogP contribution >= 0.6 is 0 Å². The minimum atomic E-state index is -0.530. The Balaban J connectivity index is 1.57. The van der Waals surface area contributed by atoms with Crippen molar-refractivity contribution in [2.24, 2.45) is 0 Å². The molecule has 0 aliphatic carbocycles. The molecule has 2 aromatic carbocycles. The zero-order chi connectivity index (χ0) is 19.2. The Morgan fingerprint density at radius 3 is 2.52 bits per heavy atom. The van der Waals surface area contributed by atoms with Gasteiger partial charge >= 0.3 is 5.97 Å². The molecule has 0 radical (unpaired) electrons. The van der Waals surface area contributed by atoms with Crippen molar-refractivity contribution in [1.29, 1.82) is 0 Å². The van der Waals surface area contributed by atoms with Crippen LogP contribution in [0.1, 0.15) is 23.2 Å². The number of para-hydroxylation sites is 1. The van der Waals surface area contributed by atoms with E-state index < -0.39 is 5.97 Å². The van der Waals surface area contributed by atoms with Gasteiger partial charge in [0.1, 0.15) is 11.3 Å². The monoisotopic (exact) mass is 368 g/mol. The van der Waals surface area contributed by atoms with Crippen LogP contribution < -0.4 is 15.0 Å². The van der Waals surface area contributed by atoms with Crippen LogP contribution in [-0.2, 0) is 14.3 Å². The molecule has 0 saturated carbocycles. The molecule has 1 fully saturated rings. The van der Waals surface area contributed by atoms with Gasteiger partial charge in [0, 0.05) is 24.3 Å². The van der Waals surface area contributed by atoms with Crippen LogP contribution in [0.4, 0.5) is 11.4 Å². The van der Waals surface area contributed by atoms with Gasteiger partial charge in [0.05, 0.1) is 7.11 Å². The second kappa shape index (κ2) is 8.35. The fraction of sp³-hybridized carbons (Fsp3) is 0.250. The molecular weight excluding hydrogens is 348 g/mol. The van der Waals surface area contributed by atoms with Crippen molar-refractivity contribution in [2.45, 2.75) is 12.8 Å². The van der Waals surface area contributed by atoms with Gasteiger partial charge in [-0.25, -0.2) is 4.79 Å². The van der Waals surface area contributed by atoms with Crippen LogP contribution in [0.25, 0.3) is 0 Å². The average molecular weight is 368 g/mol. The van der Waals surface area contributed by atoms with Crippen molar-refractivity contribution in [3.8, 4) is 5.75 Å². The van der Waals surface area contributed by atoms with Gasteiger partial charge in [-0.15, -0.1) is 0 Å². The van der Waals surface area contributed by atoms with E-state index >= 15 is 0 Å². The summed E-state index contributed by atoms with van der Waals surface area (Å²) in [7, 11) is 1.28. The van der Waals surface area contributed by atoms with Crippen LogP contribution in [0.2, 0.25) is 0 Å². The van der Waals surface area contributed by atoms with Crippen LogP contribution in [0, 0.1) is 0 Å². The third kappa shape index (κ3) is 4.44. The number of carbonyl (C=O) groups is 3. The van der Waals surface area contributed by atoms with Gasteiger partial charge in [0.15, 0.2) is 6.61 Å². The third-order valence-corrected chi connectivity index (χ3v) is 4.19. The first kappa shape index (κ1) is 18.4. The number of ether oxygens (including phenoxy) is 2. The highest BCUT2D eigenvalue weighted by Gasteiger charge is 2.21. The van der Waals surface area contributed by atoms with Crippen LogP contribution in [0.5, 0.6) is 5.75 Å². The maximum absolute atomic E-state index is 12.1. The zero-order valence-corrected chi connectivity index (χ0v) is 14.9. The summed E-state index contributed by atoms with van der Waals surface area (Å²) in [5.41, 5.74) is 1.67. The molecule has 0 aromatic heterocycles. The maximum atomic E-state index is 12.1. The number of anilines is 2. The summed E-state index contributed by atoms with van der Waals surface area (Å²) in [5.74, 6) is -0.496. The molecule has 2 aromatic rings. The zero-order valence-electron chi connectivity index (χ0n) is 14.9. The predicted octanol–water partition coefficient (Wildman–Crippen LogP) is 2.62. The Hall–Kier alpha value is -3.35. The van der Waals surface area contributed by atoms with Gasteiger partial charge in [-0.05, 0) is 42.8 Å². The van der Waals surface area contributed by atoms with Crippen molar-refractivity contribution in [3.05, 3.63) is 54.1 Å². The molecule has 140 valence electrons. The summed E-state index contributed by atoms with van der Waals surface area (Å²) in [5, 5.41) is 2.72. The second-order valence-corrected chi connectivity index (χ2v) is 6.02. The van der Waals surface area contributed by atoms with Gasteiger partial charge in [0.25, 0.3) is 5.91 Å². The van der Waals surface area contributed by atoms with E-state index in [1.807, 2.05) is 0 Å². The Labute approximate surface area is 156 Å². The molecule has 0 unspecified atom stereocenters. The molecule has 0 spiro atoms. The van der Waals surface area contributed by atoms with Gasteiger partial charge in [-0.1, -0.05) is 12.1 Å². The molecule has 2 amide bonds. The highest BCUT2D eigenvalue weighted by molar-refractivity contribution is 5.96. The summed E-state index contributed by atoms with van der Waals surface area (Å²) < 4.78 is 10.1. The van der Waals surface area contributed by atoms with E-state index in [2.05, 4.69) is 5.32 Å². The first-order valence-electron chi connectivity index (χ1n) is 8.59. The second-order valence-electron chi connectivity index (χ2n) is 6.02. The number of nitrogens with zero attached hydrogens (tertiary/aromatic N) is 1. The smallest absolute Gasteiger partial charge is 0.341 e. The van der Waals surface area contributed by atoms with Gasteiger partial charge < -0.3 is 19.7 Å². The maximum Gasteiger partial charge on any atom is 0.341 e. The molecule has 1 aliphatic rings. The van der Waals surface area contributed by atoms with Crippen LogP contribution in [0.3, 0.4) is 0 Å². The van der Waals surface area contributed by atoms with Gasteiger partial charge in [-0.2, -0.15) is 0 Å². The normalized spacial score (nSPS) is 13.4. The van der Waals surface area contributed by atoms with E-state index in [1.54, 1.807) is 53.4 Å². The van der Waals surface area contributed by atoms with Crippen molar-refractivity contribution in [1.82, 2.24) is 0 Å². The summed E-state index contributed by atoms with van der Waals surface area (Å²) in [4.78, 5) is 37.3. The van der Waals surface area contributed by atoms with E-state index in [4.69, 9.17) is 9.47 Å². The standard InChI is InChI=1S/C20H20N2O5/c1-26-20(25)16-5-2-3-6-17(16)27-13-18(23)21-14-8-10-15(11-9-14)22-12-4-7-19(22)24/h2-3,5-6,8-11H,4,7,12-13H2,1H3,(H,21,23). The summed E-state index contributed by atoms with van der Waals surface area (Å²) >= 11 is 0. The number of hydrogen-bond acceptors (Lipinski definition) is 5. The molecule has 7 heteroatoms. The fourth-order valence-electron chi connectivity index (χ4n) is 2.86. The Kier molecular flexibility index (Phi) is 5.71. The lowest BCUT2D eigenvalue weighted by molar-refractivity contribution is -0.118. The number of carbonyl (C=O) groups excluding carboxylic acids is 3. The van der Waals surface area contributed by atoms with Gasteiger partial charge in [-0.3, -0.25) is 9.59 Å². The first-order valence-corrected chi connectivity index (χ1v) is 8.59. The number of rotatable bonds is 6. The molecule has 7 nitrogen and oxygen atoms in total. The van der Waals surface area contributed by atoms with Gasteiger partial charge in [0.2, 0.25) is 5.91 Å². The minimum Gasteiger partial charge on any atom is -0.483 e. The molecule has 3 rings (SSSR count). The Bertz CT molecular complexity index is 848. The molecule has 0 bridgehead atoms. The fourth-order valence-corrected chi connectivity index (χ4v) is 2.86. The van der Waals surface area contributed by atoms with Crippen LogP contribution in [0.15, 0.2) is 48.5 Å². The van der Waals surface area contributed by atoms with Crippen LogP contribution in [-0.4, -0.2) is 38.0 Å². The molecule has 1 N–H and O–H groups in total. The number of amides is 2. The van der Waals surface area contributed by atoms with Crippen molar-refractivity contribution < 1.29 is 23.9 Å². The lowest BCUT2D eigenvalue weighted by Crippen LogP contribution is -2.24. The number of methoxy groups -OCH3 is 1. The molecule has 27 heavy (non-hydrogen) atoms. The molecular formula is C20H20N2O5. The van der Waals surface area contributed by atoms with E-state index in [9.17, 15) is 14.4 Å². The highest BCUT2D eigenvalue weighted by Crippen LogP contribution is 2.23. The van der Waals surface area contributed by atoms with Crippen molar-refractivity contribution in [3.63, 3.8) is 0 Å². The van der Waals surface area contributed by atoms with E-state index in [0.29, 0.717) is 12.1 Å². The molecule has 1 aliphatic heterocycles. The predicted molar refractivity (Wildman–Crippen MR) is 99.9 cm³/mol. The first-order chi connectivity index (χ1) is 13.1. The third-order valence-electron chi connectivity index (χ3n) is 4.19. The van der Waals surface area contributed by atoms with Crippen molar-refractivity contribution >= 4 is 29.2 Å². The minimum absolute atomic E-state index is 0.115. The topological polar surface area (TPSA) is 84.9 Å². The quantitative estimate of drug-likeness (QED) is 0.793. The molecule has 1 saturated heterocycles. The molecule has 0 atom stereocenters.